The number of carboxylic acid groups (broad SMARTS) is 1. The van der Waals surface area contributed by atoms with E-state index in [4.69, 9.17) is 5.11 Å². The Morgan fingerprint density at radius 3 is 2.15 bits per heavy atom. The molecule has 9 heteroatoms. The van der Waals surface area contributed by atoms with Crippen molar-refractivity contribution in [3.63, 3.8) is 0 Å². The Labute approximate surface area is 159 Å². The van der Waals surface area contributed by atoms with Crippen molar-refractivity contribution in [2.75, 3.05) is 27.2 Å². The molecule has 0 aliphatic heterocycles. The average molecular weight is 398 g/mol. The predicted molar refractivity (Wildman–Crippen MR) is 99.9 cm³/mol. The van der Waals surface area contributed by atoms with E-state index in [1.54, 1.807) is 0 Å². The van der Waals surface area contributed by atoms with Gasteiger partial charge in [0, 0.05) is 39.2 Å². The van der Waals surface area contributed by atoms with E-state index in [9.17, 15) is 22.8 Å². The van der Waals surface area contributed by atoms with Gasteiger partial charge in [0.1, 0.15) is 0 Å². The molecule has 27 heavy (non-hydrogen) atoms. The molecule has 0 aliphatic carbocycles. The number of hydrogen-bond acceptors (Lipinski definition) is 5. The molecule has 0 aliphatic rings. The lowest BCUT2D eigenvalue weighted by Crippen LogP contribution is -2.34. The maximum Gasteiger partial charge on any atom is 0.308 e. The molecule has 1 amide bonds. The van der Waals surface area contributed by atoms with E-state index in [2.05, 4.69) is 0 Å². The van der Waals surface area contributed by atoms with Gasteiger partial charge in [0.15, 0.2) is 5.78 Å². The molecule has 1 rings (SSSR count). The average Bonchev–Trinajstić information content (AvgIpc) is 2.61. The Hall–Kier alpha value is -2.26. The lowest BCUT2D eigenvalue weighted by molar-refractivity contribution is -0.142. The predicted octanol–water partition coefficient (Wildman–Crippen LogP) is 1.47. The Bertz CT molecular complexity index is 789. The van der Waals surface area contributed by atoms with Gasteiger partial charge in [-0.25, -0.2) is 12.7 Å². The quantitative estimate of drug-likeness (QED) is 0.597. The first-order valence-electron chi connectivity index (χ1n) is 8.51. The summed E-state index contributed by atoms with van der Waals surface area (Å²) in [6.45, 7) is 3.17. The fraction of sp³-hybridized carbons (Fsp3) is 0.500. The Morgan fingerprint density at radius 1 is 1.11 bits per heavy atom. The summed E-state index contributed by atoms with van der Waals surface area (Å²) in [6, 6.07) is 5.69. The third-order valence-corrected chi connectivity index (χ3v) is 6.10. The Kier molecular flexibility index (Phi) is 8.11. The molecule has 0 aromatic heterocycles. The highest BCUT2D eigenvalue weighted by Crippen LogP contribution is 2.16. The van der Waals surface area contributed by atoms with Gasteiger partial charge in [0.25, 0.3) is 0 Å². The normalized spacial score (nSPS) is 12.6. The van der Waals surface area contributed by atoms with Crippen LogP contribution in [0.3, 0.4) is 0 Å². The summed E-state index contributed by atoms with van der Waals surface area (Å²) in [4.78, 5) is 35.6. The fourth-order valence-corrected chi connectivity index (χ4v) is 3.61. The summed E-state index contributed by atoms with van der Waals surface area (Å²) < 4.78 is 26.2. The zero-order valence-corrected chi connectivity index (χ0v) is 16.8. The minimum absolute atomic E-state index is 0.0775. The summed E-state index contributed by atoms with van der Waals surface area (Å²) in [7, 11) is -0.758. The van der Waals surface area contributed by atoms with Crippen molar-refractivity contribution in [2.24, 2.45) is 5.92 Å². The van der Waals surface area contributed by atoms with Gasteiger partial charge >= 0.3 is 5.97 Å². The van der Waals surface area contributed by atoms with Gasteiger partial charge in [-0.3, -0.25) is 14.4 Å². The smallest absolute Gasteiger partial charge is 0.308 e. The monoisotopic (exact) mass is 398 g/mol. The number of carbonyl (C=O) groups excluding carboxylic acids is 2. The van der Waals surface area contributed by atoms with Crippen molar-refractivity contribution in [1.29, 1.82) is 0 Å². The molecular formula is C18H26N2O6S. The third-order valence-electron chi connectivity index (χ3n) is 4.23. The molecule has 8 nitrogen and oxygen atoms in total. The molecule has 0 heterocycles. The standard InChI is InChI=1S/C18H26N2O6S/c1-13(18(23)24)12-19(3)17(22)6-5-11-20(4)27(25,26)16-9-7-15(8-10-16)14(2)21/h7-10,13H,5-6,11-12H2,1-4H3,(H,23,24). The van der Waals surface area contributed by atoms with Crippen LogP contribution >= 0.6 is 0 Å². The van der Waals surface area contributed by atoms with Crippen molar-refractivity contribution >= 4 is 27.7 Å². The van der Waals surface area contributed by atoms with Crippen LogP contribution in [0.4, 0.5) is 0 Å². The van der Waals surface area contributed by atoms with Crippen LogP contribution in [0.1, 0.15) is 37.0 Å². The second-order valence-electron chi connectivity index (χ2n) is 6.52. The molecule has 150 valence electrons. The zero-order valence-electron chi connectivity index (χ0n) is 16.0. The van der Waals surface area contributed by atoms with Crippen molar-refractivity contribution in [1.82, 2.24) is 9.21 Å². The van der Waals surface area contributed by atoms with Crippen LogP contribution in [0.25, 0.3) is 0 Å². The van der Waals surface area contributed by atoms with Gasteiger partial charge in [-0.05, 0) is 25.5 Å². The number of rotatable bonds is 10. The molecule has 1 N–H and O–H groups in total. The van der Waals surface area contributed by atoms with Gasteiger partial charge in [-0.15, -0.1) is 0 Å². The van der Waals surface area contributed by atoms with Crippen molar-refractivity contribution < 1.29 is 27.9 Å². The number of carbonyl (C=O) groups is 3. The molecule has 1 unspecified atom stereocenters. The van der Waals surface area contributed by atoms with E-state index in [0.717, 1.165) is 4.31 Å². The van der Waals surface area contributed by atoms with E-state index in [0.29, 0.717) is 12.0 Å². The Morgan fingerprint density at radius 2 is 1.67 bits per heavy atom. The van der Waals surface area contributed by atoms with Crippen molar-refractivity contribution in [3.05, 3.63) is 29.8 Å². The number of nitrogens with zero attached hydrogens (tertiary/aromatic N) is 2. The molecule has 0 fully saturated rings. The lowest BCUT2D eigenvalue weighted by atomic mass is 10.1. The Balaban J connectivity index is 2.60. The zero-order chi connectivity index (χ0) is 20.8. The van der Waals surface area contributed by atoms with Gasteiger partial charge in [0.2, 0.25) is 15.9 Å². The van der Waals surface area contributed by atoms with Gasteiger partial charge < -0.3 is 10.0 Å². The molecular weight excluding hydrogens is 372 g/mol. The molecule has 0 saturated carbocycles. The lowest BCUT2D eigenvalue weighted by Gasteiger charge is -2.21. The van der Waals surface area contributed by atoms with Crippen molar-refractivity contribution in [2.45, 2.75) is 31.6 Å². The summed E-state index contributed by atoms with van der Waals surface area (Å²) in [6.07, 6.45) is 0.428. The summed E-state index contributed by atoms with van der Waals surface area (Å²) in [5.74, 6) is -2.02. The van der Waals surface area contributed by atoms with Crippen LogP contribution in [0.15, 0.2) is 29.2 Å². The van der Waals surface area contributed by atoms with E-state index >= 15 is 0 Å². The van der Waals surface area contributed by atoms with Crippen LogP contribution in [0.2, 0.25) is 0 Å². The highest BCUT2D eigenvalue weighted by molar-refractivity contribution is 7.89. The van der Waals surface area contributed by atoms with E-state index in [1.165, 1.54) is 57.1 Å². The molecule has 0 saturated heterocycles. The van der Waals surface area contributed by atoms with E-state index < -0.39 is 21.9 Å². The fourth-order valence-electron chi connectivity index (χ4n) is 2.40. The molecule has 0 spiro atoms. The van der Waals surface area contributed by atoms with E-state index in [-0.39, 0.29) is 36.1 Å². The number of sulfonamides is 1. The number of benzene rings is 1. The number of aliphatic carboxylic acids is 1. The molecule has 0 radical (unpaired) electrons. The molecule has 0 bridgehead atoms. The number of Topliss-reactive ketones (excluding diaryl/α,β-unsaturated/α-hetero) is 1. The van der Waals surface area contributed by atoms with Gasteiger partial charge in [0.05, 0.1) is 10.8 Å². The first kappa shape index (κ1) is 22.8. The molecule has 1 aromatic rings. The van der Waals surface area contributed by atoms with Crippen LogP contribution < -0.4 is 0 Å². The van der Waals surface area contributed by atoms with Crippen LogP contribution in [-0.2, 0) is 19.6 Å². The number of hydrogen-bond donors (Lipinski definition) is 1. The number of ketones is 1. The minimum atomic E-state index is -3.71. The van der Waals surface area contributed by atoms with E-state index in [1.807, 2.05) is 0 Å². The number of amides is 1. The first-order valence-corrected chi connectivity index (χ1v) is 9.95. The molecule has 1 atom stereocenters. The highest BCUT2D eigenvalue weighted by atomic mass is 32.2. The number of carboxylic acids is 1. The second kappa shape index (κ2) is 9.61. The largest absolute Gasteiger partial charge is 0.481 e. The summed E-state index contributed by atoms with van der Waals surface area (Å²) in [5, 5.41) is 8.88. The van der Waals surface area contributed by atoms with Crippen LogP contribution in [0, 0.1) is 5.92 Å². The third kappa shape index (κ3) is 6.44. The minimum Gasteiger partial charge on any atom is -0.481 e. The summed E-state index contributed by atoms with van der Waals surface area (Å²) >= 11 is 0. The van der Waals surface area contributed by atoms with Gasteiger partial charge in [-0.2, -0.15) is 0 Å². The second-order valence-corrected chi connectivity index (χ2v) is 8.57. The first-order chi connectivity index (χ1) is 12.5. The van der Waals surface area contributed by atoms with Crippen LogP contribution in [0.5, 0.6) is 0 Å². The highest BCUT2D eigenvalue weighted by Gasteiger charge is 2.22. The maximum absolute atomic E-state index is 12.5. The van der Waals surface area contributed by atoms with Crippen LogP contribution in [-0.4, -0.2) is 67.6 Å². The van der Waals surface area contributed by atoms with Gasteiger partial charge in [-0.1, -0.05) is 19.1 Å². The SMILES string of the molecule is CC(=O)c1ccc(S(=O)(=O)N(C)CCCC(=O)N(C)CC(C)C(=O)O)cc1. The summed E-state index contributed by atoms with van der Waals surface area (Å²) in [5.41, 5.74) is 0.431. The van der Waals surface area contributed by atoms with Crippen molar-refractivity contribution in [3.8, 4) is 0 Å². The maximum atomic E-state index is 12.5. The molecule has 1 aromatic carbocycles. The topological polar surface area (TPSA) is 112 Å².